The van der Waals surface area contributed by atoms with Gasteiger partial charge in [0, 0.05) is 13.5 Å². The highest BCUT2D eigenvalue weighted by molar-refractivity contribution is 5.79. The standard InChI is InChI=1S/C21H23N5O2/c1-16(27)25-20(19-8-3-2-4-9-19)11-21(28)23-12-17-6-5-7-18(10-17)13-26-15-22-14-24-26/h2-10,14-15,20H,11-13H2,1H3,(H,23,28)(H,25,27). The van der Waals surface area contributed by atoms with Crippen LogP contribution in [-0.2, 0) is 22.7 Å². The predicted octanol–water partition coefficient (Wildman–Crippen LogP) is 2.21. The van der Waals surface area contributed by atoms with E-state index in [-0.39, 0.29) is 24.3 Å². The third-order valence-corrected chi connectivity index (χ3v) is 4.26. The molecule has 28 heavy (non-hydrogen) atoms. The van der Waals surface area contributed by atoms with Crippen LogP contribution >= 0.6 is 0 Å². The third kappa shape index (κ3) is 5.77. The summed E-state index contributed by atoms with van der Waals surface area (Å²) in [7, 11) is 0. The lowest BCUT2D eigenvalue weighted by atomic mass is 10.0. The van der Waals surface area contributed by atoms with Crippen molar-refractivity contribution in [3.63, 3.8) is 0 Å². The van der Waals surface area contributed by atoms with Gasteiger partial charge in [-0.3, -0.25) is 9.59 Å². The van der Waals surface area contributed by atoms with Gasteiger partial charge in [-0.25, -0.2) is 9.67 Å². The molecule has 144 valence electrons. The zero-order valence-electron chi connectivity index (χ0n) is 15.7. The topological polar surface area (TPSA) is 88.9 Å². The van der Waals surface area contributed by atoms with Gasteiger partial charge in [-0.2, -0.15) is 5.10 Å². The van der Waals surface area contributed by atoms with E-state index < -0.39 is 0 Å². The monoisotopic (exact) mass is 377 g/mol. The second kappa shape index (κ2) is 9.45. The first-order chi connectivity index (χ1) is 13.6. The Labute approximate surface area is 163 Å². The summed E-state index contributed by atoms with van der Waals surface area (Å²) in [6, 6.07) is 17.1. The molecule has 0 aliphatic rings. The summed E-state index contributed by atoms with van der Waals surface area (Å²) in [6.07, 6.45) is 3.35. The Morgan fingerprint density at radius 3 is 2.57 bits per heavy atom. The summed E-state index contributed by atoms with van der Waals surface area (Å²) in [5, 5.41) is 9.88. The number of nitrogens with zero attached hydrogens (tertiary/aromatic N) is 3. The normalized spacial score (nSPS) is 11.6. The number of hydrogen-bond acceptors (Lipinski definition) is 4. The highest BCUT2D eigenvalue weighted by Crippen LogP contribution is 2.16. The molecule has 0 saturated heterocycles. The highest BCUT2D eigenvalue weighted by atomic mass is 16.2. The van der Waals surface area contributed by atoms with E-state index >= 15 is 0 Å². The van der Waals surface area contributed by atoms with Gasteiger partial charge in [0.2, 0.25) is 11.8 Å². The summed E-state index contributed by atoms with van der Waals surface area (Å²) in [6.45, 7) is 2.50. The zero-order chi connectivity index (χ0) is 19.8. The fourth-order valence-electron chi connectivity index (χ4n) is 2.98. The van der Waals surface area contributed by atoms with Crippen molar-refractivity contribution in [2.75, 3.05) is 0 Å². The summed E-state index contributed by atoms with van der Waals surface area (Å²) in [5.74, 6) is -0.285. The number of benzene rings is 2. The van der Waals surface area contributed by atoms with Crippen molar-refractivity contribution in [3.05, 3.63) is 83.9 Å². The van der Waals surface area contributed by atoms with E-state index in [0.717, 1.165) is 16.7 Å². The lowest BCUT2D eigenvalue weighted by Gasteiger charge is -2.18. The van der Waals surface area contributed by atoms with Crippen LogP contribution in [0, 0.1) is 0 Å². The summed E-state index contributed by atoms with van der Waals surface area (Å²) < 4.78 is 1.75. The maximum atomic E-state index is 12.4. The van der Waals surface area contributed by atoms with Gasteiger partial charge in [-0.05, 0) is 16.7 Å². The predicted molar refractivity (Wildman–Crippen MR) is 105 cm³/mol. The molecule has 0 bridgehead atoms. The van der Waals surface area contributed by atoms with Gasteiger partial charge in [0.15, 0.2) is 0 Å². The number of hydrogen-bond donors (Lipinski definition) is 2. The molecule has 7 nitrogen and oxygen atoms in total. The molecule has 1 heterocycles. The Kier molecular flexibility index (Phi) is 6.51. The van der Waals surface area contributed by atoms with E-state index in [1.54, 1.807) is 11.0 Å². The van der Waals surface area contributed by atoms with Crippen LogP contribution in [0.4, 0.5) is 0 Å². The Morgan fingerprint density at radius 2 is 1.86 bits per heavy atom. The van der Waals surface area contributed by atoms with E-state index in [9.17, 15) is 9.59 Å². The smallest absolute Gasteiger partial charge is 0.222 e. The fourth-order valence-corrected chi connectivity index (χ4v) is 2.98. The molecule has 0 spiro atoms. The SMILES string of the molecule is CC(=O)NC(CC(=O)NCc1cccc(Cn2cncn2)c1)c1ccccc1. The quantitative estimate of drug-likeness (QED) is 0.630. The molecule has 0 saturated carbocycles. The number of carbonyl (C=O) groups excluding carboxylic acids is 2. The molecular formula is C21H23N5O2. The van der Waals surface area contributed by atoms with Crippen LogP contribution in [0.25, 0.3) is 0 Å². The molecule has 2 amide bonds. The molecule has 3 rings (SSSR count). The minimum absolute atomic E-state index is 0.121. The summed E-state index contributed by atoms with van der Waals surface area (Å²) >= 11 is 0. The lowest BCUT2D eigenvalue weighted by molar-refractivity contribution is -0.122. The molecule has 0 radical (unpaired) electrons. The van der Waals surface area contributed by atoms with Crippen molar-refractivity contribution in [1.82, 2.24) is 25.4 Å². The largest absolute Gasteiger partial charge is 0.352 e. The molecule has 1 aromatic heterocycles. The highest BCUT2D eigenvalue weighted by Gasteiger charge is 2.16. The second-order valence-corrected chi connectivity index (χ2v) is 6.56. The number of nitrogens with one attached hydrogen (secondary N) is 2. The van der Waals surface area contributed by atoms with Crippen molar-refractivity contribution >= 4 is 11.8 Å². The van der Waals surface area contributed by atoms with Crippen molar-refractivity contribution < 1.29 is 9.59 Å². The van der Waals surface area contributed by atoms with Gasteiger partial charge < -0.3 is 10.6 Å². The molecule has 1 unspecified atom stereocenters. The van der Waals surface area contributed by atoms with Crippen LogP contribution in [0.15, 0.2) is 67.3 Å². The summed E-state index contributed by atoms with van der Waals surface area (Å²) in [4.78, 5) is 27.9. The van der Waals surface area contributed by atoms with Crippen LogP contribution < -0.4 is 10.6 Å². The Balaban J connectivity index is 1.57. The van der Waals surface area contributed by atoms with Crippen LogP contribution in [-0.4, -0.2) is 26.6 Å². The average molecular weight is 377 g/mol. The first-order valence-corrected chi connectivity index (χ1v) is 9.09. The third-order valence-electron chi connectivity index (χ3n) is 4.26. The average Bonchev–Trinajstić information content (AvgIpc) is 3.19. The number of carbonyl (C=O) groups is 2. The molecular weight excluding hydrogens is 354 g/mol. The minimum atomic E-state index is -0.350. The van der Waals surface area contributed by atoms with Gasteiger partial charge in [0.1, 0.15) is 12.7 Å². The maximum Gasteiger partial charge on any atom is 0.222 e. The second-order valence-electron chi connectivity index (χ2n) is 6.56. The summed E-state index contributed by atoms with van der Waals surface area (Å²) in [5.41, 5.74) is 2.99. The van der Waals surface area contributed by atoms with Gasteiger partial charge in [-0.15, -0.1) is 0 Å². The number of rotatable bonds is 8. The molecule has 0 aliphatic heterocycles. The van der Waals surface area contributed by atoms with Crippen LogP contribution in [0.3, 0.4) is 0 Å². The van der Waals surface area contributed by atoms with Gasteiger partial charge in [-0.1, -0.05) is 54.6 Å². The molecule has 1 atom stereocenters. The van der Waals surface area contributed by atoms with E-state index in [1.807, 2.05) is 54.6 Å². The number of aromatic nitrogens is 3. The van der Waals surface area contributed by atoms with Gasteiger partial charge >= 0.3 is 0 Å². The Morgan fingerprint density at radius 1 is 1.07 bits per heavy atom. The zero-order valence-corrected chi connectivity index (χ0v) is 15.7. The molecule has 7 heteroatoms. The Hall–Kier alpha value is -3.48. The molecule has 3 aromatic rings. The van der Waals surface area contributed by atoms with Crippen molar-refractivity contribution in [2.45, 2.75) is 32.5 Å². The van der Waals surface area contributed by atoms with Crippen molar-refractivity contribution in [1.29, 1.82) is 0 Å². The molecule has 2 N–H and O–H groups in total. The van der Waals surface area contributed by atoms with Crippen LogP contribution in [0.1, 0.15) is 36.1 Å². The van der Waals surface area contributed by atoms with Crippen molar-refractivity contribution in [2.24, 2.45) is 0 Å². The van der Waals surface area contributed by atoms with Crippen LogP contribution in [0.5, 0.6) is 0 Å². The minimum Gasteiger partial charge on any atom is -0.352 e. The molecule has 0 aliphatic carbocycles. The van der Waals surface area contributed by atoms with E-state index in [1.165, 1.54) is 13.3 Å². The van der Waals surface area contributed by atoms with E-state index in [2.05, 4.69) is 20.7 Å². The molecule has 2 aromatic carbocycles. The lowest BCUT2D eigenvalue weighted by Crippen LogP contribution is -2.32. The Bertz CT molecular complexity index is 910. The van der Waals surface area contributed by atoms with Crippen LogP contribution in [0.2, 0.25) is 0 Å². The number of amides is 2. The first kappa shape index (κ1) is 19.3. The van der Waals surface area contributed by atoms with E-state index in [4.69, 9.17) is 0 Å². The van der Waals surface area contributed by atoms with Crippen molar-refractivity contribution in [3.8, 4) is 0 Å². The maximum absolute atomic E-state index is 12.4. The molecule has 0 fully saturated rings. The van der Waals surface area contributed by atoms with E-state index in [0.29, 0.717) is 13.1 Å². The van der Waals surface area contributed by atoms with Gasteiger partial charge in [0.05, 0.1) is 19.0 Å². The fraction of sp³-hybridized carbons (Fsp3) is 0.238. The first-order valence-electron chi connectivity index (χ1n) is 9.09. The van der Waals surface area contributed by atoms with Gasteiger partial charge in [0.25, 0.3) is 0 Å².